The van der Waals surface area contributed by atoms with Crippen LogP contribution in [-0.2, 0) is 11.3 Å². The Hall–Kier alpha value is -2.96. The Balaban J connectivity index is 1.46. The number of rotatable bonds is 7. The molecule has 7 heteroatoms. The van der Waals surface area contributed by atoms with Crippen LogP contribution in [0, 0.1) is 5.92 Å². The number of pyridine rings is 1. The maximum Gasteiger partial charge on any atom is 0.224 e. The van der Waals surface area contributed by atoms with E-state index in [1.807, 2.05) is 49.4 Å². The minimum absolute atomic E-state index is 0.00241. The van der Waals surface area contributed by atoms with E-state index >= 15 is 0 Å². The molecular weight excluding hydrogens is 304 g/mol. The number of benzene rings is 1. The summed E-state index contributed by atoms with van der Waals surface area (Å²) in [6.45, 7) is 3.55. The maximum absolute atomic E-state index is 12.2. The molecule has 1 unspecified atom stereocenters. The van der Waals surface area contributed by atoms with Crippen molar-refractivity contribution in [2.75, 3.05) is 18.4 Å². The molecule has 1 aromatic carbocycles. The highest BCUT2D eigenvalue weighted by molar-refractivity contribution is 5.79. The number of nitrogens with zero attached hydrogens (tertiary/aromatic N) is 4. The molecule has 0 aliphatic rings. The number of carbonyl (C=O) groups excluding carboxylic acids is 1. The molecule has 3 rings (SSSR count). The van der Waals surface area contributed by atoms with Crippen molar-refractivity contribution in [3.8, 4) is 0 Å². The molecule has 124 valence electrons. The molecule has 0 saturated heterocycles. The lowest BCUT2D eigenvalue weighted by molar-refractivity contribution is -0.124. The van der Waals surface area contributed by atoms with E-state index in [0.29, 0.717) is 19.6 Å². The Bertz CT molecular complexity index is 801. The summed E-state index contributed by atoms with van der Waals surface area (Å²) >= 11 is 0. The molecule has 2 N–H and O–H groups in total. The molecule has 24 heavy (non-hydrogen) atoms. The van der Waals surface area contributed by atoms with Crippen LogP contribution < -0.4 is 10.6 Å². The van der Waals surface area contributed by atoms with E-state index in [-0.39, 0.29) is 11.8 Å². The van der Waals surface area contributed by atoms with E-state index in [1.165, 1.54) is 0 Å². The first-order valence-electron chi connectivity index (χ1n) is 7.95. The van der Waals surface area contributed by atoms with Crippen molar-refractivity contribution in [2.45, 2.75) is 13.5 Å². The smallest absolute Gasteiger partial charge is 0.224 e. The van der Waals surface area contributed by atoms with Gasteiger partial charge in [-0.25, -0.2) is 9.67 Å². The van der Waals surface area contributed by atoms with Crippen LogP contribution in [0.1, 0.15) is 6.92 Å². The van der Waals surface area contributed by atoms with Crippen LogP contribution in [0.15, 0.2) is 48.7 Å². The zero-order valence-electron chi connectivity index (χ0n) is 13.5. The van der Waals surface area contributed by atoms with Crippen LogP contribution in [0.25, 0.3) is 11.0 Å². The molecule has 0 spiro atoms. The SMILES string of the molecule is CC(Cn1nnc2ccccc21)C(=O)NCCNc1ccccn1. The molecule has 0 fully saturated rings. The molecule has 0 bridgehead atoms. The second kappa shape index (κ2) is 7.54. The van der Waals surface area contributed by atoms with Gasteiger partial charge in [0.15, 0.2) is 0 Å². The monoisotopic (exact) mass is 324 g/mol. The zero-order valence-corrected chi connectivity index (χ0v) is 13.5. The van der Waals surface area contributed by atoms with Crippen molar-refractivity contribution in [1.29, 1.82) is 0 Å². The summed E-state index contributed by atoms with van der Waals surface area (Å²) in [7, 11) is 0. The Morgan fingerprint density at radius 2 is 2.00 bits per heavy atom. The lowest BCUT2D eigenvalue weighted by Crippen LogP contribution is -2.34. The first kappa shape index (κ1) is 15.9. The predicted molar refractivity (Wildman–Crippen MR) is 92.4 cm³/mol. The summed E-state index contributed by atoms with van der Waals surface area (Å²) < 4.78 is 1.77. The number of hydrogen-bond acceptors (Lipinski definition) is 5. The highest BCUT2D eigenvalue weighted by atomic mass is 16.1. The van der Waals surface area contributed by atoms with Gasteiger partial charge in [-0.05, 0) is 24.3 Å². The fraction of sp³-hybridized carbons (Fsp3) is 0.294. The number of para-hydroxylation sites is 1. The van der Waals surface area contributed by atoms with Crippen LogP contribution in [0.3, 0.4) is 0 Å². The normalized spacial score (nSPS) is 12.0. The number of fused-ring (bicyclic) bond motifs is 1. The average molecular weight is 324 g/mol. The van der Waals surface area contributed by atoms with Gasteiger partial charge in [0.1, 0.15) is 11.3 Å². The molecule has 7 nitrogen and oxygen atoms in total. The first-order valence-corrected chi connectivity index (χ1v) is 7.95. The van der Waals surface area contributed by atoms with Gasteiger partial charge in [0.25, 0.3) is 0 Å². The van der Waals surface area contributed by atoms with Crippen LogP contribution in [0.2, 0.25) is 0 Å². The highest BCUT2D eigenvalue weighted by Crippen LogP contribution is 2.11. The molecule has 0 aliphatic heterocycles. The number of hydrogen-bond donors (Lipinski definition) is 2. The van der Waals surface area contributed by atoms with Gasteiger partial charge in [0.2, 0.25) is 5.91 Å². The Morgan fingerprint density at radius 3 is 2.83 bits per heavy atom. The quantitative estimate of drug-likeness (QED) is 0.646. The molecule has 2 aromatic heterocycles. The number of nitrogens with one attached hydrogen (secondary N) is 2. The fourth-order valence-electron chi connectivity index (χ4n) is 2.41. The van der Waals surface area contributed by atoms with Crippen LogP contribution in [0.5, 0.6) is 0 Å². The molecule has 1 amide bonds. The number of anilines is 1. The second-order valence-corrected chi connectivity index (χ2v) is 5.59. The number of amides is 1. The van der Waals surface area contributed by atoms with Gasteiger partial charge in [-0.1, -0.05) is 30.3 Å². The molecule has 0 aliphatic carbocycles. The van der Waals surface area contributed by atoms with Crippen molar-refractivity contribution < 1.29 is 4.79 Å². The summed E-state index contributed by atoms with van der Waals surface area (Å²) in [6.07, 6.45) is 1.73. The Kier molecular flexibility index (Phi) is 5.00. The van der Waals surface area contributed by atoms with E-state index < -0.39 is 0 Å². The van der Waals surface area contributed by atoms with E-state index in [9.17, 15) is 4.79 Å². The van der Waals surface area contributed by atoms with E-state index in [4.69, 9.17) is 0 Å². The third-order valence-electron chi connectivity index (χ3n) is 3.71. The molecular formula is C17H20N6O. The van der Waals surface area contributed by atoms with Gasteiger partial charge >= 0.3 is 0 Å². The van der Waals surface area contributed by atoms with Gasteiger partial charge in [0.05, 0.1) is 18.0 Å². The minimum atomic E-state index is -0.190. The number of aromatic nitrogens is 4. The average Bonchev–Trinajstić information content (AvgIpc) is 3.02. The van der Waals surface area contributed by atoms with Gasteiger partial charge in [0, 0.05) is 19.3 Å². The van der Waals surface area contributed by atoms with Crippen molar-refractivity contribution in [2.24, 2.45) is 5.92 Å². The van der Waals surface area contributed by atoms with Gasteiger partial charge in [-0.2, -0.15) is 0 Å². The van der Waals surface area contributed by atoms with Crippen LogP contribution in [0.4, 0.5) is 5.82 Å². The molecule has 1 atom stereocenters. The lowest BCUT2D eigenvalue weighted by Gasteiger charge is -2.13. The third kappa shape index (κ3) is 3.87. The van der Waals surface area contributed by atoms with Crippen molar-refractivity contribution in [3.05, 3.63) is 48.7 Å². The standard InChI is InChI=1S/C17H20N6O/c1-13(12-23-15-7-3-2-6-14(15)21-22-23)17(24)20-11-10-19-16-8-4-5-9-18-16/h2-9,13H,10-12H2,1H3,(H,18,19)(H,20,24). The zero-order chi connectivity index (χ0) is 16.8. The van der Waals surface area contributed by atoms with Crippen molar-refractivity contribution in [3.63, 3.8) is 0 Å². The van der Waals surface area contributed by atoms with Crippen molar-refractivity contribution in [1.82, 2.24) is 25.3 Å². The van der Waals surface area contributed by atoms with E-state index in [0.717, 1.165) is 16.9 Å². The van der Waals surface area contributed by atoms with E-state index in [1.54, 1.807) is 10.9 Å². The van der Waals surface area contributed by atoms with Crippen molar-refractivity contribution >= 4 is 22.8 Å². The predicted octanol–water partition coefficient (Wildman–Crippen LogP) is 1.69. The van der Waals surface area contributed by atoms with Crippen LogP contribution >= 0.6 is 0 Å². The number of carbonyl (C=O) groups is 1. The summed E-state index contributed by atoms with van der Waals surface area (Å²) in [6, 6.07) is 13.4. The molecule has 0 radical (unpaired) electrons. The molecule has 2 heterocycles. The lowest BCUT2D eigenvalue weighted by atomic mass is 10.1. The van der Waals surface area contributed by atoms with Gasteiger partial charge in [-0.3, -0.25) is 4.79 Å². The maximum atomic E-state index is 12.2. The summed E-state index contributed by atoms with van der Waals surface area (Å²) in [5, 5.41) is 14.3. The summed E-state index contributed by atoms with van der Waals surface area (Å²) in [4.78, 5) is 16.4. The van der Waals surface area contributed by atoms with Crippen LogP contribution in [-0.4, -0.2) is 39.0 Å². The first-order chi connectivity index (χ1) is 11.7. The van der Waals surface area contributed by atoms with Gasteiger partial charge < -0.3 is 10.6 Å². The second-order valence-electron chi connectivity index (χ2n) is 5.59. The fourth-order valence-corrected chi connectivity index (χ4v) is 2.41. The summed E-state index contributed by atoms with van der Waals surface area (Å²) in [5.74, 6) is 0.608. The molecule has 0 saturated carbocycles. The Morgan fingerprint density at radius 1 is 1.17 bits per heavy atom. The molecule has 3 aromatic rings. The Labute approximate surface area is 140 Å². The highest BCUT2D eigenvalue weighted by Gasteiger charge is 2.15. The minimum Gasteiger partial charge on any atom is -0.368 e. The third-order valence-corrected chi connectivity index (χ3v) is 3.71. The van der Waals surface area contributed by atoms with E-state index in [2.05, 4.69) is 25.9 Å². The largest absolute Gasteiger partial charge is 0.368 e. The summed E-state index contributed by atoms with van der Waals surface area (Å²) in [5.41, 5.74) is 1.78. The van der Waals surface area contributed by atoms with Gasteiger partial charge in [-0.15, -0.1) is 5.10 Å². The topological polar surface area (TPSA) is 84.7 Å².